The van der Waals surface area contributed by atoms with Crippen molar-refractivity contribution < 1.29 is 23.9 Å². The fraction of sp³-hybridized carbons (Fsp3) is 0.609. The third kappa shape index (κ3) is 3.09. The van der Waals surface area contributed by atoms with Crippen LogP contribution in [0.2, 0.25) is 0 Å². The molecule has 2 amide bonds. The van der Waals surface area contributed by atoms with Crippen LogP contribution in [0.15, 0.2) is 23.1 Å². The van der Waals surface area contributed by atoms with Crippen molar-refractivity contribution in [3.05, 3.63) is 23.8 Å². The molecular formula is C23H30N2O5S. The Morgan fingerprint density at radius 2 is 2.00 bits per heavy atom. The van der Waals surface area contributed by atoms with Gasteiger partial charge in [-0.1, -0.05) is 13.0 Å². The number of carbonyl (C=O) groups is 3. The average Bonchev–Trinajstić information content (AvgIpc) is 3.40. The lowest BCUT2D eigenvalue weighted by atomic mass is 9.77. The van der Waals surface area contributed by atoms with Crippen LogP contribution in [0, 0.1) is 11.8 Å². The standard InChI is InChI=1S/C23H30N2O5S/c1-5-12-31-16-9-8-14(13-15(16)29-3)19-17-18(21(27)24(6-2)20(17)26)23(22(28)30-4)10-7-11-25(19)23/h8-9,13,17-19H,5-7,10-12H2,1-4H3/t17-,18-,19+,23-/m0/s1. The topological polar surface area (TPSA) is 76.2 Å². The number of thioether (sulfide) groups is 1. The molecule has 31 heavy (non-hydrogen) atoms. The highest BCUT2D eigenvalue weighted by molar-refractivity contribution is 7.99. The Balaban J connectivity index is 1.83. The predicted molar refractivity (Wildman–Crippen MR) is 117 cm³/mol. The van der Waals surface area contributed by atoms with Crippen molar-refractivity contribution in [2.45, 2.75) is 49.6 Å². The minimum Gasteiger partial charge on any atom is -0.496 e. The highest BCUT2D eigenvalue weighted by Gasteiger charge is 2.73. The lowest BCUT2D eigenvalue weighted by Crippen LogP contribution is -2.54. The zero-order valence-corrected chi connectivity index (χ0v) is 19.4. The van der Waals surface area contributed by atoms with Crippen molar-refractivity contribution in [2.24, 2.45) is 11.8 Å². The van der Waals surface area contributed by atoms with Gasteiger partial charge in [-0.3, -0.25) is 24.2 Å². The zero-order chi connectivity index (χ0) is 22.3. The molecule has 1 aromatic carbocycles. The molecule has 4 atom stereocenters. The van der Waals surface area contributed by atoms with E-state index in [0.29, 0.717) is 19.5 Å². The fourth-order valence-corrected chi connectivity index (χ4v) is 6.64. The van der Waals surface area contributed by atoms with Crippen LogP contribution >= 0.6 is 11.8 Å². The van der Waals surface area contributed by atoms with Crippen molar-refractivity contribution in [1.29, 1.82) is 0 Å². The van der Waals surface area contributed by atoms with Gasteiger partial charge in [-0.25, -0.2) is 0 Å². The van der Waals surface area contributed by atoms with Crippen LogP contribution < -0.4 is 4.74 Å². The summed E-state index contributed by atoms with van der Waals surface area (Å²) in [4.78, 5) is 44.2. The number of esters is 1. The lowest BCUT2D eigenvalue weighted by molar-refractivity contribution is -0.159. The van der Waals surface area contributed by atoms with Crippen LogP contribution in [-0.4, -0.2) is 66.2 Å². The van der Waals surface area contributed by atoms with Crippen LogP contribution in [0.25, 0.3) is 0 Å². The number of amides is 2. The molecule has 1 aromatic rings. The second-order valence-electron chi connectivity index (χ2n) is 8.34. The normalized spacial score (nSPS) is 29.9. The SMILES string of the molecule is CCCSc1ccc([C@@H]2[C@H]3C(=O)N(CC)C(=O)[C@H]3[C@]3(C(=O)OC)CCCN23)cc1OC. The third-order valence-corrected chi connectivity index (χ3v) is 8.21. The van der Waals surface area contributed by atoms with E-state index in [0.717, 1.165) is 34.8 Å². The number of likely N-dealkylation sites (tertiary alicyclic amines) is 1. The van der Waals surface area contributed by atoms with Crippen LogP contribution in [0.5, 0.6) is 5.75 Å². The molecule has 3 heterocycles. The molecule has 4 rings (SSSR count). The molecule has 7 nitrogen and oxygen atoms in total. The van der Waals surface area contributed by atoms with Gasteiger partial charge >= 0.3 is 5.97 Å². The van der Waals surface area contributed by atoms with Crippen molar-refractivity contribution in [2.75, 3.05) is 33.1 Å². The number of ether oxygens (including phenoxy) is 2. The number of hydrogen-bond donors (Lipinski definition) is 0. The molecule has 0 radical (unpaired) electrons. The van der Waals surface area contributed by atoms with E-state index in [2.05, 4.69) is 11.8 Å². The molecule has 0 bridgehead atoms. The van der Waals surface area contributed by atoms with E-state index in [1.807, 2.05) is 18.2 Å². The Morgan fingerprint density at radius 1 is 1.23 bits per heavy atom. The first-order valence-electron chi connectivity index (χ1n) is 11.0. The maximum absolute atomic E-state index is 13.4. The number of fused-ring (bicyclic) bond motifs is 3. The molecule has 168 valence electrons. The van der Waals surface area contributed by atoms with Gasteiger partial charge in [0.15, 0.2) is 0 Å². The maximum Gasteiger partial charge on any atom is 0.327 e. The smallest absolute Gasteiger partial charge is 0.327 e. The van der Waals surface area contributed by atoms with Gasteiger partial charge in [0, 0.05) is 17.5 Å². The Hall–Kier alpha value is -2.06. The van der Waals surface area contributed by atoms with Crippen molar-refractivity contribution in [3.8, 4) is 5.75 Å². The average molecular weight is 447 g/mol. The maximum atomic E-state index is 13.4. The first-order chi connectivity index (χ1) is 15.0. The molecule has 0 spiro atoms. The molecule has 3 aliphatic heterocycles. The summed E-state index contributed by atoms with van der Waals surface area (Å²) in [5.41, 5.74) is -0.177. The summed E-state index contributed by atoms with van der Waals surface area (Å²) in [5.74, 6) is -0.413. The van der Waals surface area contributed by atoms with E-state index in [9.17, 15) is 14.4 Å². The van der Waals surface area contributed by atoms with Crippen molar-refractivity contribution in [3.63, 3.8) is 0 Å². The van der Waals surface area contributed by atoms with Crippen LogP contribution in [-0.2, 0) is 19.1 Å². The molecule has 0 N–H and O–H groups in total. The summed E-state index contributed by atoms with van der Waals surface area (Å²) in [5, 5.41) is 0. The number of methoxy groups -OCH3 is 2. The molecule has 8 heteroatoms. The summed E-state index contributed by atoms with van der Waals surface area (Å²) in [7, 11) is 3.00. The van der Waals surface area contributed by atoms with Crippen molar-refractivity contribution in [1.82, 2.24) is 9.80 Å². The summed E-state index contributed by atoms with van der Waals surface area (Å²) in [6.07, 6.45) is 2.36. The Morgan fingerprint density at radius 3 is 2.65 bits per heavy atom. The Labute approximate surface area is 187 Å². The quantitative estimate of drug-likeness (QED) is 0.362. The second-order valence-corrected chi connectivity index (χ2v) is 9.48. The second kappa shape index (κ2) is 8.47. The van der Waals surface area contributed by atoms with Gasteiger partial charge in [-0.05, 0) is 56.2 Å². The summed E-state index contributed by atoms with van der Waals surface area (Å²) in [6.45, 7) is 4.89. The van der Waals surface area contributed by atoms with Gasteiger partial charge in [0.05, 0.1) is 26.1 Å². The van der Waals surface area contributed by atoms with Gasteiger partial charge in [-0.15, -0.1) is 11.8 Å². The van der Waals surface area contributed by atoms with Gasteiger partial charge in [0.2, 0.25) is 11.8 Å². The van der Waals surface area contributed by atoms with Crippen LogP contribution in [0.1, 0.15) is 44.7 Å². The first kappa shape index (κ1) is 22.1. The monoisotopic (exact) mass is 446 g/mol. The molecule has 3 saturated heterocycles. The van der Waals surface area contributed by atoms with Crippen molar-refractivity contribution >= 4 is 29.5 Å². The molecule has 0 aliphatic carbocycles. The van der Waals surface area contributed by atoms with E-state index >= 15 is 0 Å². The number of rotatable bonds is 7. The molecule has 0 unspecified atom stereocenters. The van der Waals surface area contributed by atoms with E-state index < -0.39 is 23.3 Å². The van der Waals surface area contributed by atoms with Gasteiger partial charge in [0.25, 0.3) is 0 Å². The van der Waals surface area contributed by atoms with Crippen LogP contribution in [0.3, 0.4) is 0 Å². The number of benzene rings is 1. The summed E-state index contributed by atoms with van der Waals surface area (Å²) < 4.78 is 10.9. The number of nitrogens with zero attached hydrogens (tertiary/aromatic N) is 2. The van der Waals surface area contributed by atoms with Crippen LogP contribution in [0.4, 0.5) is 0 Å². The largest absolute Gasteiger partial charge is 0.496 e. The van der Waals surface area contributed by atoms with Gasteiger partial charge in [0.1, 0.15) is 11.3 Å². The molecule has 3 aliphatic rings. The molecule has 0 saturated carbocycles. The molecule has 3 fully saturated rings. The Kier molecular flexibility index (Phi) is 6.05. The zero-order valence-electron chi connectivity index (χ0n) is 18.6. The summed E-state index contributed by atoms with van der Waals surface area (Å²) in [6, 6.07) is 5.65. The third-order valence-electron chi connectivity index (χ3n) is 6.95. The highest BCUT2D eigenvalue weighted by Crippen LogP contribution is 2.59. The number of hydrogen-bond acceptors (Lipinski definition) is 7. The number of carbonyl (C=O) groups excluding carboxylic acids is 3. The van der Waals surface area contributed by atoms with E-state index in [1.54, 1.807) is 25.8 Å². The first-order valence-corrected chi connectivity index (χ1v) is 12.0. The fourth-order valence-electron chi connectivity index (χ4n) is 5.77. The summed E-state index contributed by atoms with van der Waals surface area (Å²) >= 11 is 1.73. The Bertz CT molecular complexity index is 906. The number of imide groups is 1. The van der Waals surface area contributed by atoms with Gasteiger partial charge < -0.3 is 9.47 Å². The van der Waals surface area contributed by atoms with E-state index in [4.69, 9.17) is 9.47 Å². The highest BCUT2D eigenvalue weighted by atomic mass is 32.2. The minimum absolute atomic E-state index is 0.191. The predicted octanol–water partition coefficient (Wildman–Crippen LogP) is 2.88. The van der Waals surface area contributed by atoms with E-state index in [-0.39, 0.29) is 17.9 Å². The minimum atomic E-state index is -1.08. The molecular weight excluding hydrogens is 416 g/mol. The lowest BCUT2D eigenvalue weighted by Gasteiger charge is -2.36. The van der Waals surface area contributed by atoms with Gasteiger partial charge in [-0.2, -0.15) is 0 Å². The van der Waals surface area contributed by atoms with E-state index in [1.165, 1.54) is 12.0 Å². The molecule has 0 aromatic heterocycles.